The molecule has 1 spiro atoms. The molecule has 10 heteroatoms. The number of aryl methyl sites for hydroxylation is 1. The summed E-state index contributed by atoms with van der Waals surface area (Å²) in [6.45, 7) is 5.13. The molecule has 3 aromatic rings. The van der Waals surface area contributed by atoms with Crippen LogP contribution in [0.4, 0.5) is 13.2 Å². The maximum atomic E-state index is 12.8. The van der Waals surface area contributed by atoms with Crippen molar-refractivity contribution in [2.75, 3.05) is 25.4 Å². The van der Waals surface area contributed by atoms with E-state index in [0.717, 1.165) is 71.8 Å². The van der Waals surface area contributed by atoms with Gasteiger partial charge in [0, 0.05) is 19.3 Å². The summed E-state index contributed by atoms with van der Waals surface area (Å²) in [6.07, 6.45) is -0.989. The predicted octanol–water partition coefficient (Wildman–Crippen LogP) is 5.63. The second-order valence-corrected chi connectivity index (χ2v) is 11.0. The molecule has 1 aliphatic carbocycles. The first kappa shape index (κ1) is 22.9. The lowest BCUT2D eigenvalue weighted by atomic mass is 9.97. The first-order valence-corrected chi connectivity index (χ1v) is 13.0. The standard InChI is InChI=1S/C23H26F3N5S2/c1-15-19(33-14-27-15)20-28-29-21(30(20)2)32-11-3-9-31-10-8-22(13-31)12-18(22)16-4-6-17(7-5-16)23(24,25)26/h4-7,14,18H,3,8-13H2,1-2H3/t18-,22+/m0/s1. The highest BCUT2D eigenvalue weighted by molar-refractivity contribution is 7.99. The van der Waals surface area contributed by atoms with Gasteiger partial charge in [-0.25, -0.2) is 4.98 Å². The number of hydrogen-bond donors (Lipinski definition) is 0. The van der Waals surface area contributed by atoms with Crippen molar-refractivity contribution in [2.24, 2.45) is 12.5 Å². The molecule has 33 heavy (non-hydrogen) atoms. The highest BCUT2D eigenvalue weighted by Crippen LogP contribution is 2.64. The van der Waals surface area contributed by atoms with Crippen LogP contribution < -0.4 is 0 Å². The third kappa shape index (κ3) is 4.57. The van der Waals surface area contributed by atoms with Crippen LogP contribution >= 0.6 is 23.1 Å². The molecule has 1 aliphatic heterocycles. The first-order chi connectivity index (χ1) is 15.8. The van der Waals surface area contributed by atoms with Crippen LogP contribution in [0.15, 0.2) is 34.9 Å². The van der Waals surface area contributed by atoms with E-state index in [4.69, 9.17) is 0 Å². The second kappa shape index (κ2) is 8.70. The molecule has 2 aromatic heterocycles. The van der Waals surface area contributed by atoms with Crippen LogP contribution in [0.5, 0.6) is 0 Å². The number of thioether (sulfide) groups is 1. The Kier molecular flexibility index (Phi) is 6.03. The van der Waals surface area contributed by atoms with Gasteiger partial charge in [0.05, 0.1) is 21.6 Å². The van der Waals surface area contributed by atoms with E-state index in [2.05, 4.69) is 20.1 Å². The van der Waals surface area contributed by atoms with Gasteiger partial charge in [0.1, 0.15) is 0 Å². The number of nitrogens with zero attached hydrogens (tertiary/aromatic N) is 5. The quantitative estimate of drug-likeness (QED) is 0.315. The van der Waals surface area contributed by atoms with E-state index in [1.54, 1.807) is 35.2 Å². The summed E-state index contributed by atoms with van der Waals surface area (Å²) in [5, 5.41) is 9.62. The van der Waals surface area contributed by atoms with Gasteiger partial charge in [-0.1, -0.05) is 23.9 Å². The van der Waals surface area contributed by atoms with Gasteiger partial charge < -0.3 is 9.47 Å². The molecule has 5 nitrogen and oxygen atoms in total. The van der Waals surface area contributed by atoms with E-state index < -0.39 is 11.7 Å². The Morgan fingerprint density at radius 2 is 2.00 bits per heavy atom. The van der Waals surface area contributed by atoms with Crippen molar-refractivity contribution in [3.8, 4) is 10.7 Å². The number of rotatable bonds is 7. The first-order valence-electron chi connectivity index (χ1n) is 11.1. The number of thiazole rings is 1. The number of likely N-dealkylation sites (tertiary alicyclic amines) is 1. The largest absolute Gasteiger partial charge is 0.416 e. The normalized spacial score (nSPS) is 23.0. The Bertz CT molecular complexity index is 1120. The second-order valence-electron chi connectivity index (χ2n) is 9.10. The minimum Gasteiger partial charge on any atom is -0.304 e. The summed E-state index contributed by atoms with van der Waals surface area (Å²) in [7, 11) is 2.00. The van der Waals surface area contributed by atoms with Gasteiger partial charge in [0.25, 0.3) is 0 Å². The average Bonchev–Trinajstić information content (AvgIpc) is 3.05. The molecule has 1 aromatic carbocycles. The molecule has 2 aliphatic rings. The van der Waals surface area contributed by atoms with Crippen LogP contribution in [0.2, 0.25) is 0 Å². The maximum Gasteiger partial charge on any atom is 0.416 e. The van der Waals surface area contributed by atoms with Crippen LogP contribution in [0, 0.1) is 12.3 Å². The fraction of sp³-hybridized carbons (Fsp3) is 0.522. The smallest absolute Gasteiger partial charge is 0.304 e. The van der Waals surface area contributed by atoms with E-state index in [0.29, 0.717) is 5.92 Å². The van der Waals surface area contributed by atoms with Crippen LogP contribution in [-0.4, -0.2) is 50.0 Å². The number of benzene rings is 1. The van der Waals surface area contributed by atoms with Crippen molar-refractivity contribution in [1.82, 2.24) is 24.6 Å². The monoisotopic (exact) mass is 493 g/mol. The molecule has 0 amide bonds. The van der Waals surface area contributed by atoms with Crippen LogP contribution in [0.1, 0.15) is 42.0 Å². The van der Waals surface area contributed by atoms with Gasteiger partial charge in [-0.05, 0) is 68.3 Å². The third-order valence-electron chi connectivity index (χ3n) is 6.93. The molecule has 0 unspecified atom stereocenters. The third-order valence-corrected chi connectivity index (χ3v) is 8.96. The summed E-state index contributed by atoms with van der Waals surface area (Å²) in [5.41, 5.74) is 3.55. The zero-order chi connectivity index (χ0) is 23.2. The molecule has 5 rings (SSSR count). The topological polar surface area (TPSA) is 46.8 Å². The van der Waals surface area contributed by atoms with Crippen LogP contribution in [0.25, 0.3) is 10.7 Å². The van der Waals surface area contributed by atoms with Crippen LogP contribution in [0.3, 0.4) is 0 Å². The zero-order valence-corrected chi connectivity index (χ0v) is 20.2. The van der Waals surface area contributed by atoms with Gasteiger partial charge >= 0.3 is 6.18 Å². The predicted molar refractivity (Wildman–Crippen MR) is 124 cm³/mol. The van der Waals surface area contributed by atoms with Gasteiger partial charge in [0.15, 0.2) is 11.0 Å². The average molecular weight is 494 g/mol. The Morgan fingerprint density at radius 1 is 1.21 bits per heavy atom. The molecule has 0 N–H and O–H groups in total. The van der Waals surface area contributed by atoms with Crippen molar-refractivity contribution in [1.29, 1.82) is 0 Å². The van der Waals surface area contributed by atoms with Crippen LogP contribution in [-0.2, 0) is 13.2 Å². The molecular formula is C23H26F3N5S2. The summed E-state index contributed by atoms with van der Waals surface area (Å²) < 4.78 is 40.5. The highest BCUT2D eigenvalue weighted by Gasteiger charge is 2.57. The zero-order valence-electron chi connectivity index (χ0n) is 18.6. The lowest BCUT2D eigenvalue weighted by molar-refractivity contribution is -0.137. The Balaban J connectivity index is 1.09. The van der Waals surface area contributed by atoms with E-state index in [1.807, 2.05) is 24.0 Å². The summed E-state index contributed by atoms with van der Waals surface area (Å²) in [4.78, 5) is 7.87. The van der Waals surface area contributed by atoms with Crippen molar-refractivity contribution < 1.29 is 13.2 Å². The molecule has 0 radical (unpaired) electrons. The van der Waals surface area contributed by atoms with Gasteiger partial charge in [-0.15, -0.1) is 21.5 Å². The SMILES string of the molecule is Cc1ncsc1-c1nnc(SCCCN2CC[C@@]3(C[C@H]3c3ccc(C(F)(F)F)cc3)C2)n1C. The lowest BCUT2D eigenvalue weighted by Gasteiger charge is -2.16. The lowest BCUT2D eigenvalue weighted by Crippen LogP contribution is -2.23. The number of hydrogen-bond acceptors (Lipinski definition) is 6. The highest BCUT2D eigenvalue weighted by atomic mass is 32.2. The Hall–Kier alpha value is -1.91. The minimum absolute atomic E-state index is 0.262. The van der Waals surface area contributed by atoms with E-state index in [9.17, 15) is 13.2 Å². The fourth-order valence-electron chi connectivity index (χ4n) is 4.96. The number of halogens is 3. The van der Waals surface area contributed by atoms with Gasteiger partial charge in [-0.2, -0.15) is 13.2 Å². The molecule has 1 saturated heterocycles. The van der Waals surface area contributed by atoms with E-state index in [1.165, 1.54) is 12.1 Å². The summed E-state index contributed by atoms with van der Waals surface area (Å²) in [6, 6.07) is 5.79. The molecule has 2 atom stereocenters. The summed E-state index contributed by atoms with van der Waals surface area (Å²) >= 11 is 3.31. The summed E-state index contributed by atoms with van der Waals surface area (Å²) in [5.74, 6) is 2.23. The molecule has 2 fully saturated rings. The number of alkyl halides is 3. The number of aromatic nitrogens is 4. The minimum atomic E-state index is -4.27. The fourth-order valence-corrected chi connectivity index (χ4v) is 6.61. The Labute approximate surface area is 199 Å². The van der Waals surface area contributed by atoms with Gasteiger partial charge in [-0.3, -0.25) is 0 Å². The van der Waals surface area contributed by atoms with E-state index in [-0.39, 0.29) is 5.41 Å². The Morgan fingerprint density at radius 3 is 2.70 bits per heavy atom. The van der Waals surface area contributed by atoms with Crippen molar-refractivity contribution in [3.05, 3.63) is 46.6 Å². The molecule has 0 bridgehead atoms. The van der Waals surface area contributed by atoms with Crippen molar-refractivity contribution >= 4 is 23.1 Å². The van der Waals surface area contributed by atoms with E-state index >= 15 is 0 Å². The molecular weight excluding hydrogens is 467 g/mol. The molecule has 1 saturated carbocycles. The van der Waals surface area contributed by atoms with Crippen molar-refractivity contribution in [2.45, 2.75) is 43.4 Å². The maximum absolute atomic E-state index is 12.8. The van der Waals surface area contributed by atoms with Gasteiger partial charge in [0.2, 0.25) is 0 Å². The molecule has 176 valence electrons. The van der Waals surface area contributed by atoms with Crippen molar-refractivity contribution in [3.63, 3.8) is 0 Å². The molecule has 3 heterocycles.